The number of rotatable bonds is 4. The van der Waals surface area contributed by atoms with Crippen molar-refractivity contribution in [1.29, 1.82) is 0 Å². The molecule has 2 saturated carbocycles. The maximum absolute atomic E-state index is 13.2. The minimum absolute atomic E-state index is 0.185. The zero-order valence-electron chi connectivity index (χ0n) is 17.7. The highest BCUT2D eigenvalue weighted by atomic mass is 32.2. The summed E-state index contributed by atoms with van der Waals surface area (Å²) < 4.78 is 32.2. The molecule has 0 amide bonds. The maximum Gasteiger partial charge on any atom is 0.281 e. The van der Waals surface area contributed by atoms with Crippen LogP contribution in [0.25, 0.3) is 0 Å². The minimum Gasteiger partial charge on any atom is -0.315 e. The van der Waals surface area contributed by atoms with E-state index >= 15 is 0 Å². The summed E-state index contributed by atoms with van der Waals surface area (Å²) >= 11 is 0. The second-order valence-corrected chi connectivity index (χ2v) is 11.8. The smallest absolute Gasteiger partial charge is 0.281 e. The average Bonchev–Trinajstić information content (AvgIpc) is 3.37. The lowest BCUT2D eigenvalue weighted by Gasteiger charge is -2.38. The Morgan fingerprint density at radius 2 is 1.69 bits per heavy atom. The van der Waals surface area contributed by atoms with Crippen LogP contribution in [0.1, 0.15) is 88.2 Å². The summed E-state index contributed by atoms with van der Waals surface area (Å²) in [5.74, 6) is 2.81. The van der Waals surface area contributed by atoms with Crippen molar-refractivity contribution in [1.82, 2.24) is 23.4 Å². The molecule has 162 valence electrons. The van der Waals surface area contributed by atoms with E-state index < -0.39 is 10.2 Å². The van der Waals surface area contributed by atoms with Gasteiger partial charge in [-0.2, -0.15) is 17.0 Å². The summed E-state index contributed by atoms with van der Waals surface area (Å²) in [6.07, 6.45) is 13.4. The lowest BCUT2D eigenvalue weighted by molar-refractivity contribution is 0.218. The third-order valence-electron chi connectivity index (χ3n) is 8.14. The van der Waals surface area contributed by atoms with E-state index in [4.69, 9.17) is 0 Å². The van der Waals surface area contributed by atoms with E-state index in [0.717, 1.165) is 63.7 Å². The molecule has 8 heteroatoms. The van der Waals surface area contributed by atoms with E-state index in [2.05, 4.69) is 14.8 Å². The number of piperidine rings is 1. The predicted molar refractivity (Wildman–Crippen MR) is 112 cm³/mol. The van der Waals surface area contributed by atoms with Crippen LogP contribution in [0.5, 0.6) is 0 Å². The van der Waals surface area contributed by atoms with E-state index in [0.29, 0.717) is 19.0 Å². The van der Waals surface area contributed by atoms with Crippen molar-refractivity contribution < 1.29 is 8.42 Å². The Balaban J connectivity index is 1.24. The normalized spacial score (nSPS) is 28.4. The Morgan fingerprint density at radius 3 is 2.45 bits per heavy atom. The van der Waals surface area contributed by atoms with Crippen LogP contribution in [0.4, 0.5) is 0 Å². The summed E-state index contributed by atoms with van der Waals surface area (Å²) in [5.41, 5.74) is 0.255. The van der Waals surface area contributed by atoms with Gasteiger partial charge in [0.2, 0.25) is 0 Å². The molecule has 3 heterocycles. The molecule has 0 aromatic carbocycles. The summed E-state index contributed by atoms with van der Waals surface area (Å²) in [6.45, 7) is 2.35. The number of aryl methyl sites for hydroxylation is 1. The standard InChI is InChI=1S/C21H35N5O2S/c1-24(17-8-4-2-5-9-17)29(27,28)25-14-11-21(12-15-25)16-18(21)20-23-22-19-10-6-3-7-13-26(19)20/h17-18H,2-16H2,1H3/t18-/m0/s1. The van der Waals surface area contributed by atoms with Gasteiger partial charge >= 0.3 is 0 Å². The lowest BCUT2D eigenvalue weighted by Crippen LogP contribution is -2.49. The number of nitrogens with zero attached hydrogens (tertiary/aromatic N) is 5. The van der Waals surface area contributed by atoms with Crippen LogP contribution in [0, 0.1) is 5.41 Å². The SMILES string of the molecule is CN(C1CCCCC1)S(=O)(=O)N1CCC2(CC1)C[C@H]2c1nnc2n1CCCCC2. The highest BCUT2D eigenvalue weighted by molar-refractivity contribution is 7.86. The Hall–Kier alpha value is -0.990. The Labute approximate surface area is 175 Å². The van der Waals surface area contributed by atoms with Gasteiger partial charge in [-0.1, -0.05) is 25.7 Å². The minimum atomic E-state index is -3.34. The van der Waals surface area contributed by atoms with Crippen LogP contribution in [-0.4, -0.2) is 58.0 Å². The highest BCUT2D eigenvalue weighted by Gasteiger charge is 2.58. The fraction of sp³-hybridized carbons (Fsp3) is 0.905. The van der Waals surface area contributed by atoms with Crippen LogP contribution >= 0.6 is 0 Å². The molecule has 5 rings (SSSR count). The first-order chi connectivity index (χ1) is 14.0. The summed E-state index contributed by atoms with van der Waals surface area (Å²) in [7, 11) is -1.55. The summed E-state index contributed by atoms with van der Waals surface area (Å²) in [4.78, 5) is 0. The first kappa shape index (κ1) is 19.9. The third-order valence-corrected chi connectivity index (χ3v) is 10.2. The number of aromatic nitrogens is 3. The van der Waals surface area contributed by atoms with Crippen molar-refractivity contribution in [2.45, 2.75) is 95.6 Å². The molecule has 29 heavy (non-hydrogen) atoms. The van der Waals surface area contributed by atoms with Gasteiger partial charge in [0.15, 0.2) is 0 Å². The number of fused-ring (bicyclic) bond motifs is 1. The van der Waals surface area contributed by atoms with Crippen LogP contribution in [0.3, 0.4) is 0 Å². The molecule has 2 aliphatic carbocycles. The zero-order chi connectivity index (χ0) is 20.1. The Morgan fingerprint density at radius 1 is 0.966 bits per heavy atom. The van der Waals surface area contributed by atoms with E-state index in [1.54, 1.807) is 15.7 Å². The van der Waals surface area contributed by atoms with E-state index in [1.807, 2.05) is 0 Å². The molecule has 0 N–H and O–H groups in total. The Kier molecular flexibility index (Phi) is 5.23. The molecule has 7 nitrogen and oxygen atoms in total. The van der Waals surface area contributed by atoms with Gasteiger partial charge in [0.25, 0.3) is 10.2 Å². The average molecular weight is 422 g/mol. The monoisotopic (exact) mass is 421 g/mol. The second-order valence-electron chi connectivity index (χ2n) is 9.77. The van der Waals surface area contributed by atoms with Crippen molar-refractivity contribution in [3.05, 3.63) is 11.6 Å². The van der Waals surface area contributed by atoms with Crippen LogP contribution in [0.2, 0.25) is 0 Å². The van der Waals surface area contributed by atoms with Crippen LogP contribution in [-0.2, 0) is 23.2 Å². The molecule has 0 bridgehead atoms. The molecule has 1 saturated heterocycles. The molecule has 1 spiro atoms. The molecule has 1 aromatic heterocycles. The van der Waals surface area contributed by atoms with Crippen molar-refractivity contribution in [2.75, 3.05) is 20.1 Å². The van der Waals surface area contributed by atoms with Crippen molar-refractivity contribution in [3.63, 3.8) is 0 Å². The third kappa shape index (κ3) is 3.55. The molecule has 0 radical (unpaired) electrons. The van der Waals surface area contributed by atoms with Gasteiger partial charge in [-0.25, -0.2) is 0 Å². The van der Waals surface area contributed by atoms with Crippen molar-refractivity contribution in [2.24, 2.45) is 5.41 Å². The van der Waals surface area contributed by atoms with E-state index in [1.165, 1.54) is 31.5 Å². The fourth-order valence-electron chi connectivity index (χ4n) is 6.01. The summed E-state index contributed by atoms with van der Waals surface area (Å²) in [5, 5.41) is 9.07. The van der Waals surface area contributed by atoms with Gasteiger partial charge < -0.3 is 4.57 Å². The lowest BCUT2D eigenvalue weighted by atomic mass is 9.91. The largest absolute Gasteiger partial charge is 0.315 e. The van der Waals surface area contributed by atoms with E-state index in [-0.39, 0.29) is 11.5 Å². The van der Waals surface area contributed by atoms with Gasteiger partial charge in [-0.05, 0) is 50.4 Å². The Bertz CT molecular complexity index is 837. The van der Waals surface area contributed by atoms with Crippen molar-refractivity contribution >= 4 is 10.2 Å². The van der Waals surface area contributed by atoms with Gasteiger partial charge in [-0.15, -0.1) is 10.2 Å². The predicted octanol–water partition coefficient (Wildman–Crippen LogP) is 3.08. The molecule has 4 aliphatic rings. The zero-order valence-corrected chi connectivity index (χ0v) is 18.5. The van der Waals surface area contributed by atoms with Gasteiger partial charge in [0.1, 0.15) is 11.6 Å². The van der Waals surface area contributed by atoms with Gasteiger partial charge in [-0.3, -0.25) is 0 Å². The van der Waals surface area contributed by atoms with Gasteiger partial charge in [0, 0.05) is 45.1 Å². The topological polar surface area (TPSA) is 71.3 Å². The molecule has 1 aromatic rings. The second kappa shape index (κ2) is 7.61. The molecular formula is C21H35N5O2S. The highest BCUT2D eigenvalue weighted by Crippen LogP contribution is 2.64. The first-order valence-electron chi connectivity index (χ1n) is 11.7. The first-order valence-corrected chi connectivity index (χ1v) is 13.1. The number of hydrogen-bond acceptors (Lipinski definition) is 4. The molecule has 1 atom stereocenters. The fourth-order valence-corrected chi connectivity index (χ4v) is 7.60. The summed E-state index contributed by atoms with van der Waals surface area (Å²) in [6, 6.07) is 0.185. The molecule has 3 fully saturated rings. The molecule has 2 aliphatic heterocycles. The van der Waals surface area contributed by atoms with Crippen LogP contribution < -0.4 is 0 Å². The molecular weight excluding hydrogens is 386 g/mol. The molecule has 0 unspecified atom stereocenters. The quantitative estimate of drug-likeness (QED) is 0.749. The van der Waals surface area contributed by atoms with Crippen molar-refractivity contribution in [3.8, 4) is 0 Å². The van der Waals surface area contributed by atoms with Gasteiger partial charge in [0.05, 0.1) is 0 Å². The van der Waals surface area contributed by atoms with E-state index in [9.17, 15) is 8.42 Å². The maximum atomic E-state index is 13.2. The van der Waals surface area contributed by atoms with Crippen LogP contribution in [0.15, 0.2) is 0 Å². The number of hydrogen-bond donors (Lipinski definition) is 0.